The van der Waals surface area contributed by atoms with Crippen LogP contribution in [-0.4, -0.2) is 21.3 Å². The summed E-state index contributed by atoms with van der Waals surface area (Å²) < 4.78 is 12.4. The van der Waals surface area contributed by atoms with Crippen LogP contribution in [0, 0.1) is 0 Å². The van der Waals surface area contributed by atoms with E-state index < -0.39 is 0 Å². The van der Waals surface area contributed by atoms with Gasteiger partial charge in [0.05, 0.1) is 11.4 Å². The number of benzene rings is 1. The van der Waals surface area contributed by atoms with Crippen molar-refractivity contribution in [2.24, 2.45) is 10.2 Å². The van der Waals surface area contributed by atoms with Gasteiger partial charge in [-0.2, -0.15) is 0 Å². The first kappa shape index (κ1) is 14.5. The monoisotopic (exact) mass is 324 g/mol. The molecule has 0 aliphatic carbocycles. The summed E-state index contributed by atoms with van der Waals surface area (Å²) in [6.07, 6.45) is 1.81. The number of rotatable bonds is 3. The Hall–Kier alpha value is -3.09. The maximum Gasteiger partial charge on any atom is 0.231 e. The number of pyridine rings is 1. The fourth-order valence-electron chi connectivity index (χ4n) is 2.60. The predicted octanol–water partition coefficient (Wildman–Crippen LogP) is 4.31. The Balaban J connectivity index is 1.78. The average Bonchev–Trinajstić information content (AvgIpc) is 3.17. The summed E-state index contributed by atoms with van der Waals surface area (Å²) in [5.74, 6) is 2.23. The molecule has 122 valence electrons. The largest absolute Gasteiger partial charge is 0.504 e. The Morgan fingerprint density at radius 2 is 2.00 bits per heavy atom. The molecule has 1 aliphatic heterocycles. The van der Waals surface area contributed by atoms with Gasteiger partial charge in [0, 0.05) is 12.3 Å². The molecule has 24 heavy (non-hydrogen) atoms. The highest BCUT2D eigenvalue weighted by Gasteiger charge is 2.17. The Morgan fingerprint density at radius 1 is 1.17 bits per heavy atom. The Bertz CT molecular complexity index is 946. The number of imidazole rings is 1. The van der Waals surface area contributed by atoms with E-state index in [0.717, 1.165) is 5.69 Å². The van der Waals surface area contributed by atoms with E-state index in [1.807, 2.05) is 26.1 Å². The van der Waals surface area contributed by atoms with Gasteiger partial charge < -0.3 is 14.6 Å². The summed E-state index contributed by atoms with van der Waals surface area (Å²) in [6.45, 7) is 4.27. The molecule has 0 saturated heterocycles. The van der Waals surface area contributed by atoms with Crippen LogP contribution in [0.5, 0.6) is 17.2 Å². The second kappa shape index (κ2) is 5.52. The molecule has 3 aromatic rings. The van der Waals surface area contributed by atoms with Crippen LogP contribution in [0.25, 0.3) is 5.65 Å². The van der Waals surface area contributed by atoms with Gasteiger partial charge in [-0.3, -0.25) is 4.40 Å². The summed E-state index contributed by atoms with van der Waals surface area (Å²) in [5, 5.41) is 18.7. The van der Waals surface area contributed by atoms with Crippen LogP contribution in [0.15, 0.2) is 46.8 Å². The highest BCUT2D eigenvalue weighted by Crippen LogP contribution is 2.36. The zero-order valence-electron chi connectivity index (χ0n) is 13.3. The molecule has 7 nitrogen and oxygen atoms in total. The van der Waals surface area contributed by atoms with Crippen molar-refractivity contribution in [1.82, 2.24) is 9.38 Å². The highest BCUT2D eigenvalue weighted by atomic mass is 16.7. The van der Waals surface area contributed by atoms with Gasteiger partial charge in [-0.1, -0.05) is 13.8 Å². The highest BCUT2D eigenvalue weighted by molar-refractivity contribution is 5.61. The number of aromatic hydroxyl groups is 1. The molecule has 0 spiro atoms. The number of hydrogen-bond acceptors (Lipinski definition) is 6. The first-order chi connectivity index (χ1) is 11.6. The predicted molar refractivity (Wildman–Crippen MR) is 87.7 cm³/mol. The SMILES string of the molecule is CC(C)c1nc2c(O)cccn2c1N=Nc1ccc2c(c1)OCO2. The lowest BCUT2D eigenvalue weighted by atomic mass is 10.1. The summed E-state index contributed by atoms with van der Waals surface area (Å²) >= 11 is 0. The molecule has 1 aliphatic rings. The topological polar surface area (TPSA) is 80.7 Å². The van der Waals surface area contributed by atoms with Crippen molar-refractivity contribution in [2.75, 3.05) is 6.79 Å². The lowest BCUT2D eigenvalue weighted by Crippen LogP contribution is -1.92. The molecule has 3 heterocycles. The first-order valence-corrected chi connectivity index (χ1v) is 7.65. The van der Waals surface area contributed by atoms with Gasteiger partial charge in [0.25, 0.3) is 0 Å². The van der Waals surface area contributed by atoms with E-state index >= 15 is 0 Å². The normalized spacial score (nSPS) is 13.5. The molecule has 0 unspecified atom stereocenters. The summed E-state index contributed by atoms with van der Waals surface area (Å²) in [7, 11) is 0. The fraction of sp³-hybridized carbons (Fsp3) is 0.235. The average molecular weight is 324 g/mol. The molecular formula is C17H16N4O3. The van der Waals surface area contributed by atoms with Crippen molar-refractivity contribution in [1.29, 1.82) is 0 Å². The lowest BCUT2D eigenvalue weighted by molar-refractivity contribution is 0.174. The van der Waals surface area contributed by atoms with Crippen LogP contribution in [0.4, 0.5) is 11.5 Å². The van der Waals surface area contributed by atoms with E-state index in [0.29, 0.717) is 28.7 Å². The molecule has 1 N–H and O–H groups in total. The van der Waals surface area contributed by atoms with Crippen LogP contribution in [0.2, 0.25) is 0 Å². The molecule has 4 rings (SSSR count). The van der Waals surface area contributed by atoms with Crippen LogP contribution >= 0.6 is 0 Å². The summed E-state index contributed by atoms with van der Waals surface area (Å²) in [6, 6.07) is 8.74. The summed E-state index contributed by atoms with van der Waals surface area (Å²) in [5.41, 5.74) is 1.91. The van der Waals surface area contributed by atoms with Crippen molar-refractivity contribution in [3.8, 4) is 17.2 Å². The standard InChI is InChI=1S/C17H16N4O3/c1-10(2)15-17(21-7-3-4-12(22)16(21)18-15)20-19-11-5-6-13-14(8-11)24-9-23-13/h3-8,10,22H,9H2,1-2H3. The van der Waals surface area contributed by atoms with Gasteiger partial charge in [0.2, 0.25) is 6.79 Å². The molecule has 0 radical (unpaired) electrons. The van der Waals surface area contributed by atoms with Gasteiger partial charge in [0.15, 0.2) is 28.7 Å². The minimum Gasteiger partial charge on any atom is -0.504 e. The number of hydrogen-bond donors (Lipinski definition) is 1. The maximum absolute atomic E-state index is 10.00. The number of azo groups is 1. The quantitative estimate of drug-likeness (QED) is 0.728. The number of fused-ring (bicyclic) bond motifs is 2. The van der Waals surface area contributed by atoms with Gasteiger partial charge in [-0.25, -0.2) is 4.98 Å². The van der Waals surface area contributed by atoms with Crippen LogP contribution in [-0.2, 0) is 0 Å². The Kier molecular flexibility index (Phi) is 3.34. The van der Waals surface area contributed by atoms with E-state index in [1.54, 1.807) is 28.7 Å². The van der Waals surface area contributed by atoms with E-state index in [4.69, 9.17) is 9.47 Å². The Morgan fingerprint density at radius 3 is 2.83 bits per heavy atom. The third-order valence-corrected chi connectivity index (χ3v) is 3.79. The number of nitrogens with zero attached hydrogens (tertiary/aromatic N) is 4. The minimum atomic E-state index is 0.115. The second-order valence-electron chi connectivity index (χ2n) is 5.80. The summed E-state index contributed by atoms with van der Waals surface area (Å²) in [4.78, 5) is 4.50. The van der Waals surface area contributed by atoms with E-state index in [1.165, 1.54) is 0 Å². The third kappa shape index (κ3) is 2.34. The Labute approximate surface area is 138 Å². The smallest absolute Gasteiger partial charge is 0.231 e. The van der Waals surface area contributed by atoms with Crippen LogP contribution < -0.4 is 9.47 Å². The molecule has 0 atom stereocenters. The van der Waals surface area contributed by atoms with Crippen molar-refractivity contribution in [2.45, 2.75) is 19.8 Å². The number of ether oxygens (including phenoxy) is 2. The number of aromatic nitrogens is 2. The molecule has 0 fully saturated rings. The zero-order chi connectivity index (χ0) is 16.7. The molecule has 0 bridgehead atoms. The molecular weight excluding hydrogens is 308 g/mol. The third-order valence-electron chi connectivity index (χ3n) is 3.79. The van der Waals surface area contributed by atoms with Crippen LogP contribution in [0.3, 0.4) is 0 Å². The van der Waals surface area contributed by atoms with Crippen molar-refractivity contribution in [3.05, 3.63) is 42.2 Å². The van der Waals surface area contributed by atoms with Crippen molar-refractivity contribution >= 4 is 17.2 Å². The first-order valence-electron chi connectivity index (χ1n) is 7.65. The van der Waals surface area contributed by atoms with Crippen LogP contribution in [0.1, 0.15) is 25.5 Å². The van der Waals surface area contributed by atoms with Gasteiger partial charge in [-0.15, -0.1) is 10.2 Å². The zero-order valence-corrected chi connectivity index (χ0v) is 13.3. The minimum absolute atomic E-state index is 0.115. The molecule has 7 heteroatoms. The van der Waals surface area contributed by atoms with Crippen molar-refractivity contribution < 1.29 is 14.6 Å². The fourth-order valence-corrected chi connectivity index (χ4v) is 2.60. The van der Waals surface area contributed by atoms with E-state index in [2.05, 4.69) is 15.2 Å². The molecule has 1 aromatic carbocycles. The van der Waals surface area contributed by atoms with Gasteiger partial charge in [-0.05, 0) is 30.2 Å². The lowest BCUT2D eigenvalue weighted by Gasteiger charge is -2.02. The van der Waals surface area contributed by atoms with Crippen molar-refractivity contribution in [3.63, 3.8) is 0 Å². The molecule has 2 aromatic heterocycles. The molecule has 0 amide bonds. The van der Waals surface area contributed by atoms with E-state index in [9.17, 15) is 5.11 Å². The van der Waals surface area contributed by atoms with Gasteiger partial charge in [0.1, 0.15) is 0 Å². The second-order valence-corrected chi connectivity index (χ2v) is 5.80. The van der Waals surface area contributed by atoms with E-state index in [-0.39, 0.29) is 18.5 Å². The van der Waals surface area contributed by atoms with Gasteiger partial charge >= 0.3 is 0 Å². The maximum atomic E-state index is 10.00. The molecule has 0 saturated carbocycles.